The first kappa shape index (κ1) is 20.6. The van der Waals surface area contributed by atoms with Gasteiger partial charge in [-0.05, 0) is 0 Å². The molecule has 1 saturated heterocycles. The summed E-state index contributed by atoms with van der Waals surface area (Å²) < 4.78 is 10.1. The summed E-state index contributed by atoms with van der Waals surface area (Å²) >= 11 is 0. The van der Waals surface area contributed by atoms with E-state index in [4.69, 9.17) is 19.7 Å². The van der Waals surface area contributed by atoms with Gasteiger partial charge in [0.15, 0.2) is 6.29 Å². The molecule has 11 heteroatoms. The number of hydrogen-bond donors (Lipinski definition) is 9. The molecule has 1 fully saturated rings. The monoisotopic (exact) mass is 344 g/mol. The molecule has 1 aliphatic rings. The summed E-state index contributed by atoms with van der Waals surface area (Å²) in [5.74, 6) is 0. The van der Waals surface area contributed by atoms with Crippen LogP contribution in [0.1, 0.15) is 0 Å². The highest BCUT2D eigenvalue weighted by Crippen LogP contribution is 2.24. The molecule has 0 saturated carbocycles. The molecule has 0 unspecified atom stereocenters. The van der Waals surface area contributed by atoms with E-state index in [1.807, 2.05) is 0 Å². The second kappa shape index (κ2) is 9.15. The number of hydrogen-bond acceptors (Lipinski definition) is 11. The average Bonchev–Trinajstić information content (AvgIpc) is 2.57. The summed E-state index contributed by atoms with van der Waals surface area (Å²) in [6.07, 6.45) is -14.9. The smallest absolute Gasteiger partial charge is 0.187 e. The van der Waals surface area contributed by atoms with Crippen LogP contribution >= 0.6 is 0 Å². The van der Waals surface area contributed by atoms with Crippen molar-refractivity contribution in [1.82, 2.24) is 0 Å². The van der Waals surface area contributed by atoms with Gasteiger partial charge in [0.05, 0.1) is 19.8 Å². The third-order valence-corrected chi connectivity index (χ3v) is 3.65. The van der Waals surface area contributed by atoms with Gasteiger partial charge in [0.25, 0.3) is 0 Å². The van der Waals surface area contributed by atoms with E-state index < -0.39 is 74.9 Å². The maximum Gasteiger partial charge on any atom is 0.187 e. The molecule has 0 spiro atoms. The lowest BCUT2D eigenvalue weighted by Gasteiger charge is -2.41. The number of ether oxygens (including phenoxy) is 2. The van der Waals surface area contributed by atoms with E-state index in [1.165, 1.54) is 0 Å². The van der Waals surface area contributed by atoms with E-state index in [0.717, 1.165) is 0 Å². The standard InChI is InChI=1S/C12H24O11/c13-1-4(16)7(17)8(18)5(2-14)22-12-11(21)10(20)9(19)6(3-15)23-12/h4-21H,1-3H2/t4-,5+,6+,7+,8+,9+,10-,11+,12+/m0/s1. The Morgan fingerprint density at radius 1 is 0.826 bits per heavy atom. The molecule has 1 aliphatic heterocycles. The van der Waals surface area contributed by atoms with Crippen molar-refractivity contribution in [3.8, 4) is 0 Å². The van der Waals surface area contributed by atoms with Gasteiger partial charge in [0, 0.05) is 0 Å². The molecule has 0 radical (unpaired) electrons. The van der Waals surface area contributed by atoms with Crippen LogP contribution in [0.3, 0.4) is 0 Å². The summed E-state index contributed by atoms with van der Waals surface area (Å²) in [6.45, 7) is -2.40. The molecule has 11 nitrogen and oxygen atoms in total. The molecule has 0 bridgehead atoms. The van der Waals surface area contributed by atoms with Crippen LogP contribution in [0.5, 0.6) is 0 Å². The maximum atomic E-state index is 9.83. The molecule has 23 heavy (non-hydrogen) atoms. The number of rotatable bonds is 8. The molecule has 9 N–H and O–H groups in total. The first-order valence-corrected chi connectivity index (χ1v) is 7.00. The molecule has 1 heterocycles. The van der Waals surface area contributed by atoms with E-state index >= 15 is 0 Å². The van der Waals surface area contributed by atoms with E-state index in [2.05, 4.69) is 0 Å². The van der Waals surface area contributed by atoms with Gasteiger partial charge in [0.2, 0.25) is 0 Å². The van der Waals surface area contributed by atoms with Crippen molar-refractivity contribution in [2.45, 2.75) is 55.1 Å². The molecule has 9 atom stereocenters. The second-order valence-electron chi connectivity index (χ2n) is 5.29. The van der Waals surface area contributed by atoms with Gasteiger partial charge >= 0.3 is 0 Å². The van der Waals surface area contributed by atoms with E-state index in [0.29, 0.717) is 0 Å². The summed E-state index contributed by atoms with van der Waals surface area (Å²) in [5.41, 5.74) is 0. The molecule has 0 aromatic heterocycles. The number of aliphatic hydroxyl groups excluding tert-OH is 9. The van der Waals surface area contributed by atoms with Crippen LogP contribution in [-0.2, 0) is 9.47 Å². The van der Waals surface area contributed by atoms with Gasteiger partial charge in [-0.1, -0.05) is 0 Å². The highest BCUT2D eigenvalue weighted by molar-refractivity contribution is 4.90. The van der Waals surface area contributed by atoms with Crippen LogP contribution in [-0.4, -0.2) is 121 Å². The Hall–Kier alpha value is -0.440. The van der Waals surface area contributed by atoms with Crippen LogP contribution in [0.2, 0.25) is 0 Å². The lowest BCUT2D eigenvalue weighted by molar-refractivity contribution is -0.322. The van der Waals surface area contributed by atoms with Gasteiger partial charge in [0.1, 0.15) is 48.8 Å². The Bertz CT molecular complexity index is 341. The lowest BCUT2D eigenvalue weighted by atomic mass is 9.99. The summed E-state index contributed by atoms with van der Waals surface area (Å²) in [6, 6.07) is 0. The van der Waals surface area contributed by atoms with E-state index in [9.17, 15) is 35.7 Å². The molecular weight excluding hydrogens is 320 g/mol. The fourth-order valence-electron chi connectivity index (χ4n) is 2.14. The topological polar surface area (TPSA) is 201 Å². The SMILES string of the molecule is OC[C@H](O)[C@@H](O)[C@H](O)[C@@H](CO)O[C@@H]1O[C@H](CO)[C@@H](O)[C@H](O)[C@H]1O. The van der Waals surface area contributed by atoms with Gasteiger partial charge < -0.3 is 55.4 Å². The average molecular weight is 344 g/mol. The zero-order valence-corrected chi connectivity index (χ0v) is 12.2. The predicted octanol–water partition coefficient (Wildman–Crippen LogP) is -5.76. The van der Waals surface area contributed by atoms with Crippen molar-refractivity contribution in [2.75, 3.05) is 19.8 Å². The minimum Gasteiger partial charge on any atom is -0.394 e. The largest absolute Gasteiger partial charge is 0.394 e. The Labute approximate surface area is 131 Å². The van der Waals surface area contributed by atoms with Crippen LogP contribution in [0.25, 0.3) is 0 Å². The quantitative estimate of drug-likeness (QED) is 0.203. The predicted molar refractivity (Wildman–Crippen MR) is 70.8 cm³/mol. The molecular formula is C12H24O11. The maximum absolute atomic E-state index is 9.83. The first-order valence-electron chi connectivity index (χ1n) is 7.00. The summed E-state index contributed by atoms with van der Waals surface area (Å²) in [7, 11) is 0. The Balaban J connectivity index is 2.77. The lowest BCUT2D eigenvalue weighted by Crippen LogP contribution is -2.61. The zero-order chi connectivity index (χ0) is 17.7. The second-order valence-corrected chi connectivity index (χ2v) is 5.29. The van der Waals surface area contributed by atoms with Crippen molar-refractivity contribution in [1.29, 1.82) is 0 Å². The van der Waals surface area contributed by atoms with Crippen LogP contribution in [0.4, 0.5) is 0 Å². The first-order chi connectivity index (χ1) is 10.8. The fourth-order valence-corrected chi connectivity index (χ4v) is 2.14. The van der Waals surface area contributed by atoms with Gasteiger partial charge in [-0.15, -0.1) is 0 Å². The fraction of sp³-hybridized carbons (Fsp3) is 1.00. The number of aliphatic hydroxyl groups is 9. The van der Waals surface area contributed by atoms with Gasteiger partial charge in [-0.2, -0.15) is 0 Å². The van der Waals surface area contributed by atoms with Crippen molar-refractivity contribution < 1.29 is 55.4 Å². The molecule has 0 aliphatic carbocycles. The van der Waals surface area contributed by atoms with Gasteiger partial charge in [-0.25, -0.2) is 0 Å². The summed E-state index contributed by atoms with van der Waals surface area (Å²) in [4.78, 5) is 0. The third kappa shape index (κ3) is 4.78. The van der Waals surface area contributed by atoms with E-state index in [-0.39, 0.29) is 0 Å². The Morgan fingerprint density at radius 3 is 1.91 bits per heavy atom. The van der Waals surface area contributed by atoms with Gasteiger partial charge in [-0.3, -0.25) is 0 Å². The van der Waals surface area contributed by atoms with Crippen LogP contribution in [0, 0.1) is 0 Å². The third-order valence-electron chi connectivity index (χ3n) is 3.65. The molecule has 1 rings (SSSR count). The van der Waals surface area contributed by atoms with Crippen LogP contribution in [0.15, 0.2) is 0 Å². The van der Waals surface area contributed by atoms with Crippen molar-refractivity contribution >= 4 is 0 Å². The minimum absolute atomic E-state index is 0.691. The molecule has 0 amide bonds. The summed E-state index contributed by atoms with van der Waals surface area (Å²) in [5, 5.41) is 84.7. The Morgan fingerprint density at radius 2 is 1.43 bits per heavy atom. The van der Waals surface area contributed by atoms with E-state index in [1.54, 1.807) is 0 Å². The molecule has 0 aromatic carbocycles. The van der Waals surface area contributed by atoms with Crippen molar-refractivity contribution in [2.24, 2.45) is 0 Å². The molecule has 0 aromatic rings. The highest BCUT2D eigenvalue weighted by Gasteiger charge is 2.46. The minimum atomic E-state index is -1.86. The highest BCUT2D eigenvalue weighted by atomic mass is 16.7. The molecule has 138 valence electrons. The van der Waals surface area contributed by atoms with Crippen molar-refractivity contribution in [3.05, 3.63) is 0 Å². The van der Waals surface area contributed by atoms with Crippen LogP contribution < -0.4 is 0 Å². The van der Waals surface area contributed by atoms with Crippen molar-refractivity contribution in [3.63, 3.8) is 0 Å². The zero-order valence-electron chi connectivity index (χ0n) is 12.2. The normalized spacial score (nSPS) is 37.2. The Kier molecular flexibility index (Phi) is 8.20.